The molecule has 0 saturated carbocycles. The molecule has 1 saturated heterocycles. The van der Waals surface area contributed by atoms with Crippen molar-refractivity contribution < 1.29 is 23.1 Å². The summed E-state index contributed by atoms with van der Waals surface area (Å²) in [5, 5.41) is 12.6. The molecule has 4 rings (SSSR count). The van der Waals surface area contributed by atoms with Gasteiger partial charge in [0.1, 0.15) is 11.9 Å². The molecular weight excluding hydrogens is 491 g/mol. The Kier molecular flexibility index (Phi) is 7.01. The average molecular weight is 515 g/mol. The molecule has 178 valence electrons. The van der Waals surface area contributed by atoms with Crippen molar-refractivity contribution in [3.63, 3.8) is 0 Å². The van der Waals surface area contributed by atoms with Gasteiger partial charge in [-0.3, -0.25) is 4.79 Å². The van der Waals surface area contributed by atoms with Gasteiger partial charge >= 0.3 is 10.2 Å². The number of nitrogens with one attached hydrogen (secondary N) is 1. The molecule has 9 nitrogen and oxygen atoms in total. The van der Waals surface area contributed by atoms with Crippen LogP contribution in [0, 0.1) is 5.92 Å². The third-order valence-electron chi connectivity index (χ3n) is 5.60. The van der Waals surface area contributed by atoms with E-state index in [0.29, 0.717) is 13.1 Å². The Morgan fingerprint density at radius 1 is 1.24 bits per heavy atom. The molecule has 3 heterocycles. The number of benzene rings is 1. The van der Waals surface area contributed by atoms with Crippen molar-refractivity contribution in [3.8, 4) is 5.75 Å². The maximum atomic E-state index is 13.5. The smallest absolute Gasteiger partial charge is 0.305 e. The monoisotopic (exact) mass is 514 g/mol. The fraction of sp³-hybridized carbons (Fsp3) is 0.429. The number of pyridine rings is 1. The molecule has 12 heteroatoms. The summed E-state index contributed by atoms with van der Waals surface area (Å²) < 4.78 is 35.3. The van der Waals surface area contributed by atoms with Crippen LogP contribution in [-0.2, 0) is 10.2 Å². The minimum atomic E-state index is -3.93. The van der Waals surface area contributed by atoms with Crippen LogP contribution in [-0.4, -0.2) is 61.1 Å². The SMILES string of the molecule is CC1CCCN(S(=O)(=O)N2CC(CO)Oc3ccc(NC(=O)c4c(Cl)cccc4Cl)nc32)C1. The third kappa shape index (κ3) is 4.90. The van der Waals surface area contributed by atoms with Crippen molar-refractivity contribution in [2.24, 2.45) is 5.92 Å². The molecule has 1 aromatic carbocycles. The maximum Gasteiger partial charge on any atom is 0.305 e. The lowest BCUT2D eigenvalue weighted by atomic mass is 10.0. The average Bonchev–Trinajstić information content (AvgIpc) is 2.78. The number of hydrogen-bond acceptors (Lipinski definition) is 6. The third-order valence-corrected chi connectivity index (χ3v) is 8.09. The van der Waals surface area contributed by atoms with Crippen LogP contribution in [0.25, 0.3) is 0 Å². The number of aromatic nitrogens is 1. The molecule has 2 aliphatic heterocycles. The van der Waals surface area contributed by atoms with Gasteiger partial charge in [0.05, 0.1) is 28.8 Å². The number of aliphatic hydroxyl groups is 1. The van der Waals surface area contributed by atoms with Crippen molar-refractivity contribution in [2.45, 2.75) is 25.9 Å². The highest BCUT2D eigenvalue weighted by molar-refractivity contribution is 7.90. The van der Waals surface area contributed by atoms with E-state index in [0.717, 1.165) is 17.1 Å². The number of amides is 1. The summed E-state index contributed by atoms with van der Waals surface area (Å²) >= 11 is 12.2. The summed E-state index contributed by atoms with van der Waals surface area (Å²) in [4.78, 5) is 17.1. The Morgan fingerprint density at radius 3 is 2.64 bits per heavy atom. The molecule has 2 aromatic rings. The Morgan fingerprint density at radius 2 is 1.97 bits per heavy atom. The Labute approximate surface area is 202 Å². The highest BCUT2D eigenvalue weighted by atomic mass is 35.5. The second-order valence-electron chi connectivity index (χ2n) is 8.14. The highest BCUT2D eigenvalue weighted by Crippen LogP contribution is 2.36. The number of nitrogens with zero attached hydrogens (tertiary/aromatic N) is 3. The van der Waals surface area contributed by atoms with Crippen molar-refractivity contribution in [3.05, 3.63) is 45.9 Å². The number of anilines is 2. The minimum absolute atomic E-state index is 0.0426. The number of halogens is 2. The predicted octanol–water partition coefficient (Wildman–Crippen LogP) is 3.18. The van der Waals surface area contributed by atoms with Gasteiger partial charge in [0.15, 0.2) is 11.6 Å². The van der Waals surface area contributed by atoms with Gasteiger partial charge in [-0.15, -0.1) is 0 Å². The molecule has 0 spiro atoms. The Bertz CT molecular complexity index is 1140. The van der Waals surface area contributed by atoms with E-state index in [2.05, 4.69) is 10.3 Å². The zero-order valence-corrected chi connectivity index (χ0v) is 20.2. The molecule has 0 bridgehead atoms. The number of carbonyl (C=O) groups is 1. The second kappa shape index (κ2) is 9.63. The molecule has 2 unspecified atom stereocenters. The van der Waals surface area contributed by atoms with Crippen LogP contribution in [0.1, 0.15) is 30.1 Å². The molecule has 1 amide bonds. The largest absolute Gasteiger partial charge is 0.482 e. The molecule has 2 N–H and O–H groups in total. The summed E-state index contributed by atoms with van der Waals surface area (Å²) in [6.07, 6.45) is 0.992. The van der Waals surface area contributed by atoms with Gasteiger partial charge in [0, 0.05) is 13.1 Å². The van der Waals surface area contributed by atoms with Gasteiger partial charge in [-0.05, 0) is 43.0 Å². The summed E-state index contributed by atoms with van der Waals surface area (Å²) in [7, 11) is -3.93. The van der Waals surface area contributed by atoms with Gasteiger partial charge in [-0.25, -0.2) is 9.29 Å². The van der Waals surface area contributed by atoms with E-state index in [4.69, 9.17) is 27.9 Å². The standard InChI is InChI=1S/C21H24Cl2N4O5S/c1-13-4-3-9-26(10-13)33(30,31)27-11-14(12-28)32-17-7-8-18(24-20(17)27)25-21(29)19-15(22)5-2-6-16(19)23/h2,5-8,13-14,28H,3-4,9-12H2,1H3,(H,24,25,29). The molecule has 2 aliphatic rings. The zero-order chi connectivity index (χ0) is 23.8. The van der Waals surface area contributed by atoms with Gasteiger partial charge in [-0.2, -0.15) is 12.7 Å². The Balaban J connectivity index is 1.67. The van der Waals surface area contributed by atoms with E-state index >= 15 is 0 Å². The molecule has 0 radical (unpaired) electrons. The van der Waals surface area contributed by atoms with Gasteiger partial charge in [-0.1, -0.05) is 36.2 Å². The molecule has 33 heavy (non-hydrogen) atoms. The molecule has 1 aromatic heterocycles. The fourth-order valence-electron chi connectivity index (χ4n) is 3.95. The highest BCUT2D eigenvalue weighted by Gasteiger charge is 2.39. The van der Waals surface area contributed by atoms with E-state index < -0.39 is 22.2 Å². The van der Waals surface area contributed by atoms with E-state index in [9.17, 15) is 18.3 Å². The van der Waals surface area contributed by atoms with E-state index in [1.54, 1.807) is 18.2 Å². The van der Waals surface area contributed by atoms with Crippen molar-refractivity contribution >= 4 is 51.0 Å². The lowest BCUT2D eigenvalue weighted by molar-refractivity contribution is 0.102. The van der Waals surface area contributed by atoms with Crippen LogP contribution < -0.4 is 14.4 Å². The molecule has 0 aliphatic carbocycles. The summed E-state index contributed by atoms with van der Waals surface area (Å²) in [5.41, 5.74) is 0.0868. The van der Waals surface area contributed by atoms with Crippen molar-refractivity contribution in [2.75, 3.05) is 35.9 Å². The van der Waals surface area contributed by atoms with Gasteiger partial charge in [0.2, 0.25) is 0 Å². The first-order chi connectivity index (χ1) is 15.7. The predicted molar refractivity (Wildman–Crippen MR) is 126 cm³/mol. The molecule has 1 fully saturated rings. The van der Waals surface area contributed by atoms with Crippen LogP contribution >= 0.6 is 23.2 Å². The second-order valence-corrected chi connectivity index (χ2v) is 10.8. The number of rotatable bonds is 5. The number of fused-ring (bicyclic) bond motifs is 1. The molecule has 2 atom stereocenters. The Hall–Kier alpha value is -2.11. The topological polar surface area (TPSA) is 112 Å². The van der Waals surface area contributed by atoms with E-state index in [-0.39, 0.29) is 52.1 Å². The maximum absolute atomic E-state index is 13.5. The quantitative estimate of drug-likeness (QED) is 0.633. The number of piperidine rings is 1. The van der Waals surface area contributed by atoms with Gasteiger partial charge in [0.25, 0.3) is 5.91 Å². The zero-order valence-electron chi connectivity index (χ0n) is 17.9. The number of ether oxygens (including phenoxy) is 1. The van der Waals surface area contributed by atoms with Crippen LogP contribution in [0.5, 0.6) is 5.75 Å². The lowest BCUT2D eigenvalue weighted by Crippen LogP contribution is -2.53. The van der Waals surface area contributed by atoms with E-state index in [1.807, 2.05) is 6.92 Å². The number of aliphatic hydroxyl groups excluding tert-OH is 1. The van der Waals surface area contributed by atoms with Crippen LogP contribution in [0.15, 0.2) is 30.3 Å². The number of carbonyl (C=O) groups excluding carboxylic acids is 1. The van der Waals surface area contributed by atoms with E-state index in [1.165, 1.54) is 16.4 Å². The first-order valence-corrected chi connectivity index (χ1v) is 12.7. The lowest BCUT2D eigenvalue weighted by Gasteiger charge is -2.39. The van der Waals surface area contributed by atoms with Crippen LogP contribution in [0.4, 0.5) is 11.6 Å². The van der Waals surface area contributed by atoms with Crippen LogP contribution in [0.2, 0.25) is 10.0 Å². The molecular formula is C21H24Cl2N4O5S. The normalized spacial score (nSPS) is 21.3. The number of hydrogen-bond donors (Lipinski definition) is 2. The fourth-order valence-corrected chi connectivity index (χ4v) is 6.31. The summed E-state index contributed by atoms with van der Waals surface area (Å²) in [5.74, 6) is 0.000544. The van der Waals surface area contributed by atoms with Crippen LogP contribution in [0.3, 0.4) is 0 Å². The first kappa shape index (κ1) is 24.0. The summed E-state index contributed by atoms with van der Waals surface area (Å²) in [6, 6.07) is 7.70. The summed E-state index contributed by atoms with van der Waals surface area (Å²) in [6.45, 7) is 2.37. The first-order valence-electron chi connectivity index (χ1n) is 10.5. The van der Waals surface area contributed by atoms with Gasteiger partial charge < -0.3 is 15.2 Å². The van der Waals surface area contributed by atoms with Crippen molar-refractivity contribution in [1.29, 1.82) is 0 Å². The minimum Gasteiger partial charge on any atom is -0.482 e. The van der Waals surface area contributed by atoms with Crippen molar-refractivity contribution in [1.82, 2.24) is 9.29 Å².